The Hall–Kier alpha value is -1.62. The molecule has 0 saturated heterocycles. The van der Waals surface area contributed by atoms with Crippen LogP contribution in [-0.4, -0.2) is 27.4 Å². The Morgan fingerprint density at radius 2 is 1.81 bits per heavy atom. The number of hydrogen-bond acceptors (Lipinski definition) is 4. The van der Waals surface area contributed by atoms with E-state index in [4.69, 9.17) is 9.47 Å². The molecule has 0 aliphatic carbocycles. The van der Waals surface area contributed by atoms with E-state index < -0.39 is 8.07 Å². The molecule has 0 amide bonds. The number of rotatable bonds is 8. The third-order valence-electron chi connectivity index (χ3n) is 4.34. The lowest BCUT2D eigenvalue weighted by molar-refractivity contribution is -0.132. The molecule has 5 heteroatoms. The molecule has 0 aliphatic rings. The fourth-order valence-electron chi connectivity index (χ4n) is 2.48. The van der Waals surface area contributed by atoms with Gasteiger partial charge in [0.2, 0.25) is 0 Å². The summed E-state index contributed by atoms with van der Waals surface area (Å²) in [6, 6.07) is 8.64. The number of aldehydes is 1. The first-order valence-electron chi connectivity index (χ1n) is 7.38. The van der Waals surface area contributed by atoms with Gasteiger partial charge in [0.25, 0.3) is 0 Å². The number of carbonyl (C=O) groups is 2. The highest BCUT2D eigenvalue weighted by atomic mass is 28.3. The predicted octanol–water partition coefficient (Wildman–Crippen LogP) is 3.92. The van der Waals surface area contributed by atoms with E-state index in [0.29, 0.717) is 23.6 Å². The van der Waals surface area contributed by atoms with Crippen LogP contribution in [0.1, 0.15) is 31.1 Å². The Labute approximate surface area is 127 Å². The molecule has 1 rings (SSSR count). The highest BCUT2D eigenvalue weighted by Crippen LogP contribution is 2.32. The number of esters is 1. The molecule has 0 spiro atoms. The number of hydrogen-bond donors (Lipinski definition) is 0. The lowest BCUT2D eigenvalue weighted by Gasteiger charge is -2.26. The summed E-state index contributed by atoms with van der Waals surface area (Å²) in [5, 5.41) is 0. The average molecular weight is 308 g/mol. The van der Waals surface area contributed by atoms with Crippen molar-refractivity contribution in [2.75, 3.05) is 7.11 Å². The third-order valence-corrected chi connectivity index (χ3v) is 9.88. The smallest absolute Gasteiger partial charge is 0.308 e. The van der Waals surface area contributed by atoms with Crippen molar-refractivity contribution in [3.05, 3.63) is 23.8 Å². The van der Waals surface area contributed by atoms with Crippen molar-refractivity contribution in [1.82, 2.24) is 0 Å². The van der Waals surface area contributed by atoms with E-state index in [1.165, 1.54) is 7.11 Å². The van der Waals surface area contributed by atoms with E-state index in [-0.39, 0.29) is 11.7 Å². The van der Waals surface area contributed by atoms with Gasteiger partial charge in [-0.1, -0.05) is 45.0 Å². The van der Waals surface area contributed by atoms with E-state index in [0.717, 1.165) is 18.1 Å². The first-order chi connectivity index (χ1) is 10.1. The van der Waals surface area contributed by atoms with Crippen LogP contribution >= 0.6 is 0 Å². The van der Waals surface area contributed by atoms with Crippen molar-refractivity contribution in [2.24, 2.45) is 0 Å². The fraction of sp³-hybridized carbons (Fsp3) is 0.500. The van der Waals surface area contributed by atoms with E-state index in [2.05, 4.69) is 20.8 Å². The minimum atomic E-state index is -1.59. The average Bonchev–Trinajstić information content (AvgIpc) is 2.52. The first-order valence-corrected chi connectivity index (χ1v) is 10.2. The van der Waals surface area contributed by atoms with Gasteiger partial charge in [0.05, 0.1) is 20.7 Å². The molecule has 1 aromatic carbocycles. The molecule has 4 nitrogen and oxygen atoms in total. The van der Waals surface area contributed by atoms with Gasteiger partial charge in [-0.05, 0) is 12.1 Å². The molecular weight excluding hydrogens is 284 g/mol. The number of benzene rings is 1. The van der Waals surface area contributed by atoms with Crippen LogP contribution in [0.4, 0.5) is 0 Å². The van der Waals surface area contributed by atoms with Crippen LogP contribution in [0.3, 0.4) is 0 Å². The molecule has 0 heterocycles. The Balaban J connectivity index is 2.96. The summed E-state index contributed by atoms with van der Waals surface area (Å²) >= 11 is 0. The van der Waals surface area contributed by atoms with Crippen molar-refractivity contribution in [3.8, 4) is 11.5 Å². The summed E-state index contributed by atoms with van der Waals surface area (Å²) in [4.78, 5) is 23.4. The zero-order valence-electron chi connectivity index (χ0n) is 13.3. The largest absolute Gasteiger partial charge is 0.493 e. The Bertz CT molecular complexity index is 487. The molecule has 0 aromatic heterocycles. The van der Waals surface area contributed by atoms with Crippen LogP contribution in [0, 0.1) is 0 Å². The second-order valence-electron chi connectivity index (χ2n) is 5.21. The van der Waals surface area contributed by atoms with E-state index in [1.807, 2.05) is 0 Å². The number of ether oxygens (including phenoxy) is 2. The summed E-state index contributed by atoms with van der Waals surface area (Å²) in [6.07, 6.45) is 0.676. The second kappa shape index (κ2) is 7.98. The molecule has 116 valence electrons. The van der Waals surface area contributed by atoms with E-state index in [9.17, 15) is 9.59 Å². The summed E-state index contributed by atoms with van der Waals surface area (Å²) < 4.78 is 10.6. The summed E-state index contributed by atoms with van der Waals surface area (Å²) in [5.41, 5.74) is 0.333. The quantitative estimate of drug-likeness (QED) is 0.316. The van der Waals surface area contributed by atoms with Crippen LogP contribution < -0.4 is 9.47 Å². The number of methoxy groups -OCH3 is 1. The highest BCUT2D eigenvalue weighted by Gasteiger charge is 2.31. The molecule has 0 radical (unpaired) electrons. The molecule has 21 heavy (non-hydrogen) atoms. The van der Waals surface area contributed by atoms with Gasteiger partial charge in [0.15, 0.2) is 17.8 Å². The monoisotopic (exact) mass is 308 g/mol. The minimum absolute atomic E-state index is 0.228. The fourth-order valence-corrected chi connectivity index (χ4v) is 5.41. The van der Waals surface area contributed by atoms with Crippen LogP contribution in [-0.2, 0) is 4.79 Å². The molecule has 0 atom stereocenters. The van der Waals surface area contributed by atoms with E-state index in [1.54, 1.807) is 18.2 Å². The minimum Gasteiger partial charge on any atom is -0.493 e. The highest BCUT2D eigenvalue weighted by molar-refractivity contribution is 6.82. The van der Waals surface area contributed by atoms with Crippen LogP contribution in [0.5, 0.6) is 11.5 Å². The maximum absolute atomic E-state index is 12.3. The lowest BCUT2D eigenvalue weighted by Crippen LogP contribution is -2.35. The van der Waals surface area contributed by atoms with Gasteiger partial charge in [-0.25, -0.2) is 0 Å². The van der Waals surface area contributed by atoms with Crippen molar-refractivity contribution < 1.29 is 19.1 Å². The van der Waals surface area contributed by atoms with Crippen LogP contribution in [0.25, 0.3) is 0 Å². The molecule has 0 unspecified atom stereocenters. The Kier molecular flexibility index (Phi) is 6.62. The molecule has 0 saturated carbocycles. The SMILES string of the molecule is CC[Si](CC)(CC)CC(=O)Oc1c(C=O)cccc1OC. The van der Waals surface area contributed by atoms with Crippen molar-refractivity contribution >= 4 is 20.3 Å². The second-order valence-corrected chi connectivity index (χ2v) is 10.7. The van der Waals surface area contributed by atoms with Gasteiger partial charge in [-0.15, -0.1) is 0 Å². The topological polar surface area (TPSA) is 52.6 Å². The lowest BCUT2D eigenvalue weighted by atomic mass is 10.2. The van der Waals surface area contributed by atoms with Crippen LogP contribution in [0.15, 0.2) is 18.2 Å². The number of para-hydroxylation sites is 1. The van der Waals surface area contributed by atoms with Crippen LogP contribution in [0.2, 0.25) is 24.2 Å². The standard InChI is InChI=1S/C16H24O4Si/c1-5-21(6-2,7-3)12-15(18)20-16-13(11-17)9-8-10-14(16)19-4/h8-11H,5-7,12H2,1-4H3. The van der Waals surface area contributed by atoms with Gasteiger partial charge < -0.3 is 9.47 Å². The van der Waals surface area contributed by atoms with Gasteiger partial charge in [0.1, 0.15) is 0 Å². The van der Waals surface area contributed by atoms with Crippen molar-refractivity contribution in [3.63, 3.8) is 0 Å². The third kappa shape index (κ3) is 4.17. The molecule has 0 bridgehead atoms. The summed E-state index contributed by atoms with van der Waals surface area (Å²) in [5.74, 6) is 0.371. The predicted molar refractivity (Wildman–Crippen MR) is 86.0 cm³/mol. The Morgan fingerprint density at radius 3 is 2.29 bits per heavy atom. The van der Waals surface area contributed by atoms with Gasteiger partial charge in [0, 0.05) is 6.04 Å². The normalized spacial score (nSPS) is 11.0. The Morgan fingerprint density at radius 1 is 1.19 bits per heavy atom. The first kappa shape index (κ1) is 17.4. The number of carbonyl (C=O) groups excluding carboxylic acids is 2. The molecule has 1 aromatic rings. The summed E-state index contributed by atoms with van der Waals surface area (Å²) in [7, 11) is -0.103. The molecule has 0 aliphatic heterocycles. The zero-order valence-corrected chi connectivity index (χ0v) is 14.3. The molecule has 0 N–H and O–H groups in total. The molecule has 0 fully saturated rings. The van der Waals surface area contributed by atoms with Crippen molar-refractivity contribution in [2.45, 2.75) is 44.9 Å². The van der Waals surface area contributed by atoms with Crippen molar-refractivity contribution in [1.29, 1.82) is 0 Å². The summed E-state index contributed by atoms with van der Waals surface area (Å²) in [6.45, 7) is 6.44. The maximum atomic E-state index is 12.3. The van der Waals surface area contributed by atoms with Gasteiger partial charge in [-0.3, -0.25) is 9.59 Å². The van der Waals surface area contributed by atoms with Gasteiger partial charge >= 0.3 is 5.97 Å². The molecular formula is C16H24O4Si. The zero-order chi connectivity index (χ0) is 15.9. The maximum Gasteiger partial charge on any atom is 0.308 e. The van der Waals surface area contributed by atoms with E-state index >= 15 is 0 Å². The van der Waals surface area contributed by atoms with Gasteiger partial charge in [-0.2, -0.15) is 0 Å².